The number of hydrogen-bond acceptors (Lipinski definition) is 4. The lowest BCUT2D eigenvalue weighted by Gasteiger charge is -2.04. The molecule has 2 rings (SSSR count). The molecular formula is C11H8BrNO2S. The Morgan fingerprint density at radius 2 is 2.31 bits per heavy atom. The van der Waals surface area contributed by atoms with Gasteiger partial charge in [0.2, 0.25) is 0 Å². The number of carbonyl (C=O) groups excluding carboxylic acids is 1. The van der Waals surface area contributed by atoms with Crippen molar-refractivity contribution in [2.75, 3.05) is 7.11 Å². The van der Waals surface area contributed by atoms with Gasteiger partial charge in [-0.25, -0.2) is 4.98 Å². The van der Waals surface area contributed by atoms with Crippen molar-refractivity contribution in [2.24, 2.45) is 0 Å². The second-order valence-electron chi connectivity index (χ2n) is 3.04. The van der Waals surface area contributed by atoms with Crippen LogP contribution in [0.2, 0.25) is 0 Å². The quantitative estimate of drug-likeness (QED) is 0.815. The Bertz CT molecular complexity index is 524. The summed E-state index contributed by atoms with van der Waals surface area (Å²) in [7, 11) is 1.62. The van der Waals surface area contributed by atoms with E-state index in [0.717, 1.165) is 27.1 Å². The number of rotatable bonds is 3. The second kappa shape index (κ2) is 4.76. The van der Waals surface area contributed by atoms with Crippen LogP contribution in [-0.2, 0) is 0 Å². The van der Waals surface area contributed by atoms with Crippen molar-refractivity contribution in [1.29, 1.82) is 0 Å². The van der Waals surface area contributed by atoms with Gasteiger partial charge in [0, 0.05) is 15.4 Å². The summed E-state index contributed by atoms with van der Waals surface area (Å²) < 4.78 is 6.08. The van der Waals surface area contributed by atoms with Gasteiger partial charge in [-0.3, -0.25) is 4.79 Å². The Labute approximate surface area is 105 Å². The van der Waals surface area contributed by atoms with Gasteiger partial charge in [0.05, 0.1) is 7.11 Å². The van der Waals surface area contributed by atoms with E-state index in [0.29, 0.717) is 5.69 Å². The van der Waals surface area contributed by atoms with E-state index in [1.165, 1.54) is 11.3 Å². The lowest BCUT2D eigenvalue weighted by atomic mass is 10.2. The number of aromatic nitrogens is 1. The molecule has 1 aromatic heterocycles. The molecule has 0 N–H and O–H groups in total. The van der Waals surface area contributed by atoms with Crippen molar-refractivity contribution in [1.82, 2.24) is 4.98 Å². The first-order chi connectivity index (χ1) is 7.74. The number of benzene rings is 1. The van der Waals surface area contributed by atoms with Crippen molar-refractivity contribution < 1.29 is 9.53 Å². The molecule has 0 spiro atoms. The number of halogens is 1. The van der Waals surface area contributed by atoms with E-state index in [4.69, 9.17) is 4.74 Å². The maximum absolute atomic E-state index is 10.6. The molecule has 0 aliphatic heterocycles. The second-order valence-corrected chi connectivity index (χ2v) is 4.75. The first-order valence-corrected chi connectivity index (χ1v) is 6.16. The lowest BCUT2D eigenvalue weighted by molar-refractivity contribution is 0.111. The van der Waals surface area contributed by atoms with Gasteiger partial charge in [-0.05, 0) is 18.2 Å². The highest BCUT2D eigenvalue weighted by Gasteiger charge is 2.09. The molecule has 0 saturated carbocycles. The SMILES string of the molecule is COc1ccc(Br)c(-c2nc(C=O)cs2)c1. The molecule has 0 amide bonds. The minimum absolute atomic E-state index is 0.453. The topological polar surface area (TPSA) is 39.2 Å². The summed E-state index contributed by atoms with van der Waals surface area (Å²) >= 11 is 4.88. The third-order valence-corrected chi connectivity index (χ3v) is 3.63. The van der Waals surface area contributed by atoms with Gasteiger partial charge < -0.3 is 4.74 Å². The number of ether oxygens (including phenoxy) is 1. The predicted molar refractivity (Wildman–Crippen MR) is 67.2 cm³/mol. The van der Waals surface area contributed by atoms with Gasteiger partial charge >= 0.3 is 0 Å². The zero-order valence-electron chi connectivity index (χ0n) is 8.44. The molecule has 5 heteroatoms. The van der Waals surface area contributed by atoms with Gasteiger partial charge in [0.25, 0.3) is 0 Å². The minimum Gasteiger partial charge on any atom is -0.497 e. The average Bonchev–Trinajstić information content (AvgIpc) is 2.78. The molecule has 0 unspecified atom stereocenters. The summed E-state index contributed by atoms with van der Waals surface area (Å²) in [6.45, 7) is 0. The van der Waals surface area contributed by atoms with Crippen LogP contribution < -0.4 is 4.74 Å². The molecule has 2 aromatic rings. The minimum atomic E-state index is 0.453. The predicted octanol–water partition coefficient (Wildman–Crippen LogP) is 3.39. The number of carbonyl (C=O) groups is 1. The molecule has 0 aliphatic rings. The smallest absolute Gasteiger partial charge is 0.169 e. The van der Waals surface area contributed by atoms with E-state index in [2.05, 4.69) is 20.9 Å². The maximum Gasteiger partial charge on any atom is 0.169 e. The van der Waals surface area contributed by atoms with Crippen LogP contribution in [0, 0.1) is 0 Å². The number of hydrogen-bond donors (Lipinski definition) is 0. The van der Waals surface area contributed by atoms with E-state index in [9.17, 15) is 4.79 Å². The molecule has 3 nitrogen and oxygen atoms in total. The molecule has 0 radical (unpaired) electrons. The summed E-state index contributed by atoms with van der Waals surface area (Å²) in [5, 5.41) is 2.53. The third-order valence-electron chi connectivity index (χ3n) is 2.05. The van der Waals surface area contributed by atoms with Crippen molar-refractivity contribution in [3.63, 3.8) is 0 Å². The number of thiazole rings is 1. The zero-order chi connectivity index (χ0) is 11.5. The molecule has 0 bridgehead atoms. The summed E-state index contributed by atoms with van der Waals surface area (Å²) in [5.41, 5.74) is 1.38. The Hall–Kier alpha value is -1.20. The molecular weight excluding hydrogens is 290 g/mol. The van der Waals surface area contributed by atoms with E-state index >= 15 is 0 Å². The highest BCUT2D eigenvalue weighted by molar-refractivity contribution is 9.10. The standard InChI is InChI=1S/C11H8BrNO2S/c1-15-8-2-3-10(12)9(4-8)11-13-7(5-14)6-16-11/h2-6H,1H3. The Kier molecular flexibility index (Phi) is 3.36. The molecule has 0 atom stereocenters. The Morgan fingerprint density at radius 3 is 2.94 bits per heavy atom. The van der Waals surface area contributed by atoms with Crippen molar-refractivity contribution >= 4 is 33.6 Å². The molecule has 1 heterocycles. The van der Waals surface area contributed by atoms with Crippen LogP contribution >= 0.6 is 27.3 Å². The van der Waals surface area contributed by atoms with Crippen LogP contribution in [0.1, 0.15) is 10.5 Å². The van der Waals surface area contributed by atoms with E-state index in [-0.39, 0.29) is 0 Å². The fourth-order valence-electron chi connectivity index (χ4n) is 1.26. The number of methoxy groups -OCH3 is 1. The fourth-order valence-corrected chi connectivity index (χ4v) is 2.62. The van der Waals surface area contributed by atoms with Gasteiger partial charge in [-0.1, -0.05) is 15.9 Å². The van der Waals surface area contributed by atoms with Gasteiger partial charge in [-0.2, -0.15) is 0 Å². The van der Waals surface area contributed by atoms with Crippen LogP contribution in [0.5, 0.6) is 5.75 Å². The largest absolute Gasteiger partial charge is 0.497 e. The number of nitrogens with zero attached hydrogens (tertiary/aromatic N) is 1. The molecule has 16 heavy (non-hydrogen) atoms. The summed E-state index contributed by atoms with van der Waals surface area (Å²) in [4.78, 5) is 14.8. The zero-order valence-corrected chi connectivity index (χ0v) is 10.8. The van der Waals surface area contributed by atoms with Crippen LogP contribution in [0.4, 0.5) is 0 Å². The van der Waals surface area contributed by atoms with Gasteiger partial charge in [-0.15, -0.1) is 11.3 Å². The summed E-state index contributed by atoms with van der Waals surface area (Å²) in [6.07, 6.45) is 0.744. The fraction of sp³-hybridized carbons (Fsp3) is 0.0909. The van der Waals surface area contributed by atoms with Crippen LogP contribution in [0.15, 0.2) is 28.1 Å². The Morgan fingerprint density at radius 1 is 1.50 bits per heavy atom. The first-order valence-electron chi connectivity index (χ1n) is 4.49. The van der Waals surface area contributed by atoms with Crippen molar-refractivity contribution in [3.05, 3.63) is 33.7 Å². The normalized spacial score (nSPS) is 10.1. The van der Waals surface area contributed by atoms with E-state index in [1.807, 2.05) is 18.2 Å². The maximum atomic E-state index is 10.6. The van der Waals surface area contributed by atoms with Gasteiger partial charge in [0.15, 0.2) is 6.29 Å². The molecule has 0 saturated heterocycles. The van der Waals surface area contributed by atoms with Crippen molar-refractivity contribution in [2.45, 2.75) is 0 Å². The van der Waals surface area contributed by atoms with E-state index < -0.39 is 0 Å². The lowest BCUT2D eigenvalue weighted by Crippen LogP contribution is -1.86. The van der Waals surface area contributed by atoms with Crippen LogP contribution in [0.3, 0.4) is 0 Å². The average molecular weight is 298 g/mol. The van der Waals surface area contributed by atoms with Gasteiger partial charge in [0.1, 0.15) is 16.5 Å². The molecule has 0 fully saturated rings. The summed E-state index contributed by atoms with van der Waals surface area (Å²) in [6, 6.07) is 5.65. The molecule has 1 aromatic carbocycles. The number of aldehydes is 1. The third kappa shape index (κ3) is 2.15. The van der Waals surface area contributed by atoms with Crippen LogP contribution in [-0.4, -0.2) is 18.4 Å². The highest BCUT2D eigenvalue weighted by Crippen LogP contribution is 2.33. The summed E-state index contributed by atoms with van der Waals surface area (Å²) in [5.74, 6) is 0.765. The molecule has 82 valence electrons. The van der Waals surface area contributed by atoms with Crippen molar-refractivity contribution in [3.8, 4) is 16.3 Å². The monoisotopic (exact) mass is 297 g/mol. The van der Waals surface area contributed by atoms with E-state index in [1.54, 1.807) is 12.5 Å². The Balaban J connectivity index is 2.49. The first kappa shape index (κ1) is 11.3. The highest BCUT2D eigenvalue weighted by atomic mass is 79.9. The molecule has 0 aliphatic carbocycles. The van der Waals surface area contributed by atoms with Crippen LogP contribution in [0.25, 0.3) is 10.6 Å².